The number of aliphatic imine (C=N–C) groups is 1. The molecule has 1 atom stereocenters. The van der Waals surface area contributed by atoms with Crippen LogP contribution in [-0.4, -0.2) is 57.4 Å². The van der Waals surface area contributed by atoms with E-state index in [0.29, 0.717) is 45.9 Å². The Morgan fingerprint density at radius 1 is 1.03 bits per heavy atom. The Kier molecular flexibility index (Phi) is 9.04. The minimum atomic E-state index is -0.696. The fourth-order valence-corrected chi connectivity index (χ4v) is 3.77. The highest BCUT2D eigenvalue weighted by Gasteiger charge is 2.32. The monoisotopic (exact) mass is 452 g/mol. The molecule has 0 saturated heterocycles. The molecule has 2 rings (SSSR count). The molecule has 0 amide bonds. The van der Waals surface area contributed by atoms with Crippen LogP contribution in [0.3, 0.4) is 0 Å². The summed E-state index contributed by atoms with van der Waals surface area (Å²) in [5.74, 6) is 0.564. The van der Waals surface area contributed by atoms with Crippen LogP contribution in [0.25, 0.3) is 0 Å². The van der Waals surface area contributed by atoms with E-state index >= 15 is 0 Å². The van der Waals surface area contributed by atoms with E-state index in [2.05, 4.69) is 10.3 Å². The average Bonchev–Trinajstić information content (AvgIpc) is 2.76. The Balaban J connectivity index is 2.51. The summed E-state index contributed by atoms with van der Waals surface area (Å²) in [6.07, 6.45) is 0. The molecule has 0 aromatic heterocycles. The van der Waals surface area contributed by atoms with Gasteiger partial charge in [-0.05, 0) is 38.5 Å². The lowest BCUT2D eigenvalue weighted by Gasteiger charge is -2.26. The number of ether oxygens (including phenoxy) is 5. The molecule has 0 fully saturated rings. The van der Waals surface area contributed by atoms with Crippen molar-refractivity contribution in [2.24, 2.45) is 4.99 Å². The number of carbonyl (C=O) groups excluding carboxylic acids is 2. The van der Waals surface area contributed by atoms with Crippen LogP contribution >= 0.6 is 11.8 Å². The van der Waals surface area contributed by atoms with Gasteiger partial charge >= 0.3 is 11.9 Å². The van der Waals surface area contributed by atoms with Crippen molar-refractivity contribution in [3.63, 3.8) is 0 Å². The maximum absolute atomic E-state index is 12.7. The van der Waals surface area contributed by atoms with Gasteiger partial charge in [0, 0.05) is 5.70 Å². The summed E-state index contributed by atoms with van der Waals surface area (Å²) < 4.78 is 26.5. The lowest BCUT2D eigenvalue weighted by atomic mass is 9.96. The van der Waals surface area contributed by atoms with Crippen LogP contribution in [0.5, 0.6) is 17.2 Å². The summed E-state index contributed by atoms with van der Waals surface area (Å²) in [5, 5.41) is 3.56. The van der Waals surface area contributed by atoms with Crippen molar-refractivity contribution in [3.05, 3.63) is 29.0 Å². The van der Waals surface area contributed by atoms with Crippen LogP contribution in [0.2, 0.25) is 0 Å². The first-order chi connectivity index (χ1) is 14.9. The van der Waals surface area contributed by atoms with Gasteiger partial charge in [-0.3, -0.25) is 4.79 Å². The number of rotatable bonds is 9. The van der Waals surface area contributed by atoms with Gasteiger partial charge in [-0.25, -0.2) is 9.79 Å². The SMILES string of the molecule is CCOC(=O)CSC1=N[C@H](c2cc(OC)c(OC)c(OC)c2)C(C(=O)OCC)=C(C)N1. The number of benzene rings is 1. The second-order valence-corrected chi connectivity index (χ2v) is 7.24. The highest BCUT2D eigenvalue weighted by atomic mass is 32.2. The van der Waals surface area contributed by atoms with E-state index in [1.54, 1.807) is 32.9 Å². The van der Waals surface area contributed by atoms with Crippen molar-refractivity contribution in [3.8, 4) is 17.2 Å². The van der Waals surface area contributed by atoms with E-state index in [1.165, 1.54) is 33.1 Å². The lowest BCUT2D eigenvalue weighted by Crippen LogP contribution is -2.31. The molecular weight excluding hydrogens is 424 g/mol. The molecule has 0 saturated carbocycles. The Hall–Kier alpha value is -2.88. The molecule has 0 radical (unpaired) electrons. The smallest absolute Gasteiger partial charge is 0.338 e. The summed E-state index contributed by atoms with van der Waals surface area (Å²) in [4.78, 5) is 29.2. The van der Waals surface area contributed by atoms with E-state index in [9.17, 15) is 9.59 Å². The molecule has 0 spiro atoms. The van der Waals surface area contributed by atoms with Gasteiger partial charge in [0.25, 0.3) is 0 Å². The standard InChI is InChI=1S/C21H28N2O7S/c1-7-29-16(24)11-31-21-22-12(3)17(20(25)30-8-2)18(23-21)13-9-14(26-4)19(28-6)15(10-13)27-5/h9-10,18H,7-8,11H2,1-6H3,(H,22,23)/t18-/m1/s1. The van der Waals surface area contributed by atoms with Gasteiger partial charge in [0.05, 0.1) is 45.9 Å². The van der Waals surface area contributed by atoms with Crippen LogP contribution in [0, 0.1) is 0 Å². The number of nitrogens with one attached hydrogen (secondary N) is 1. The Morgan fingerprint density at radius 2 is 1.65 bits per heavy atom. The molecule has 1 aromatic rings. The predicted molar refractivity (Wildman–Crippen MR) is 118 cm³/mol. The molecule has 170 valence electrons. The molecule has 1 aliphatic rings. The minimum absolute atomic E-state index is 0.0870. The number of hydrogen-bond donors (Lipinski definition) is 1. The third kappa shape index (κ3) is 5.84. The zero-order valence-electron chi connectivity index (χ0n) is 18.6. The lowest BCUT2D eigenvalue weighted by molar-refractivity contribution is -0.140. The fraction of sp³-hybridized carbons (Fsp3) is 0.476. The number of carbonyl (C=O) groups is 2. The van der Waals surface area contributed by atoms with Crippen LogP contribution in [0.1, 0.15) is 32.4 Å². The van der Waals surface area contributed by atoms with Gasteiger partial charge in [0.1, 0.15) is 6.04 Å². The molecule has 10 heteroatoms. The normalized spacial score (nSPS) is 15.5. The van der Waals surface area contributed by atoms with Crippen molar-refractivity contribution < 1.29 is 33.3 Å². The zero-order valence-corrected chi connectivity index (χ0v) is 19.4. The average molecular weight is 453 g/mol. The van der Waals surface area contributed by atoms with Gasteiger partial charge in [-0.1, -0.05) is 11.8 Å². The predicted octanol–water partition coefficient (Wildman–Crippen LogP) is 2.85. The second-order valence-electron chi connectivity index (χ2n) is 6.27. The summed E-state index contributed by atoms with van der Waals surface area (Å²) >= 11 is 1.19. The third-order valence-electron chi connectivity index (χ3n) is 4.35. The van der Waals surface area contributed by atoms with Crippen molar-refractivity contribution in [1.29, 1.82) is 0 Å². The molecule has 0 unspecified atom stereocenters. The number of thioether (sulfide) groups is 1. The molecule has 1 N–H and O–H groups in total. The van der Waals surface area contributed by atoms with E-state index in [1.807, 2.05) is 0 Å². The fourth-order valence-electron chi connectivity index (χ4n) is 3.02. The summed E-state index contributed by atoms with van der Waals surface area (Å²) in [6, 6.07) is 2.78. The Labute approximate surface area is 186 Å². The van der Waals surface area contributed by atoms with Crippen LogP contribution in [-0.2, 0) is 19.1 Å². The van der Waals surface area contributed by atoms with Gasteiger partial charge in [-0.15, -0.1) is 0 Å². The molecular formula is C21H28N2O7S. The Bertz CT molecular complexity index is 857. The summed E-state index contributed by atoms with van der Waals surface area (Å²) in [7, 11) is 4.54. The number of amidine groups is 1. The highest BCUT2D eigenvalue weighted by molar-refractivity contribution is 8.14. The van der Waals surface area contributed by atoms with Gasteiger partial charge < -0.3 is 29.0 Å². The molecule has 0 aliphatic carbocycles. The van der Waals surface area contributed by atoms with Crippen LogP contribution in [0.15, 0.2) is 28.4 Å². The number of allylic oxidation sites excluding steroid dienone is 1. The number of hydrogen-bond acceptors (Lipinski definition) is 10. The topological polar surface area (TPSA) is 105 Å². The third-order valence-corrected chi connectivity index (χ3v) is 5.21. The first kappa shape index (κ1) is 24.4. The quantitative estimate of drug-likeness (QED) is 0.566. The van der Waals surface area contributed by atoms with E-state index < -0.39 is 12.0 Å². The maximum Gasteiger partial charge on any atom is 0.338 e. The van der Waals surface area contributed by atoms with Crippen molar-refractivity contribution in [2.45, 2.75) is 26.8 Å². The van der Waals surface area contributed by atoms with Crippen molar-refractivity contribution in [1.82, 2.24) is 5.32 Å². The summed E-state index contributed by atoms with van der Waals surface area (Å²) in [5.41, 5.74) is 1.59. The highest BCUT2D eigenvalue weighted by Crippen LogP contribution is 2.43. The molecule has 31 heavy (non-hydrogen) atoms. The van der Waals surface area contributed by atoms with Crippen molar-refractivity contribution >= 4 is 28.9 Å². The number of nitrogens with zero attached hydrogens (tertiary/aromatic N) is 1. The molecule has 9 nitrogen and oxygen atoms in total. The minimum Gasteiger partial charge on any atom is -0.493 e. The molecule has 1 aliphatic heterocycles. The zero-order chi connectivity index (χ0) is 23.0. The van der Waals surface area contributed by atoms with Gasteiger partial charge in [0.2, 0.25) is 5.75 Å². The van der Waals surface area contributed by atoms with E-state index in [4.69, 9.17) is 23.7 Å². The maximum atomic E-state index is 12.7. The largest absolute Gasteiger partial charge is 0.493 e. The van der Waals surface area contributed by atoms with E-state index in [-0.39, 0.29) is 18.3 Å². The Morgan fingerprint density at radius 3 is 2.16 bits per heavy atom. The molecule has 1 aromatic carbocycles. The van der Waals surface area contributed by atoms with E-state index in [0.717, 1.165) is 0 Å². The number of esters is 2. The number of methoxy groups -OCH3 is 3. The van der Waals surface area contributed by atoms with Crippen LogP contribution in [0.4, 0.5) is 0 Å². The second kappa shape index (κ2) is 11.5. The first-order valence-electron chi connectivity index (χ1n) is 9.71. The van der Waals surface area contributed by atoms with Gasteiger partial charge in [-0.2, -0.15) is 0 Å². The first-order valence-corrected chi connectivity index (χ1v) is 10.7. The summed E-state index contributed by atoms with van der Waals surface area (Å²) in [6.45, 7) is 5.78. The van der Waals surface area contributed by atoms with Crippen LogP contribution < -0.4 is 19.5 Å². The molecule has 1 heterocycles. The van der Waals surface area contributed by atoms with Crippen molar-refractivity contribution in [2.75, 3.05) is 40.3 Å². The van der Waals surface area contributed by atoms with Gasteiger partial charge in [0.15, 0.2) is 16.7 Å². The molecule has 0 bridgehead atoms.